The molecule has 4 rings (SSSR count). The summed E-state index contributed by atoms with van der Waals surface area (Å²) in [7, 11) is 0. The number of carboxylic acids is 1. The van der Waals surface area contributed by atoms with Gasteiger partial charge in [-0.1, -0.05) is 66.7 Å². The number of benzene rings is 3. The number of thiol groups is 1. The number of rotatable bonds is 6. The fourth-order valence-corrected chi connectivity index (χ4v) is 4.25. The van der Waals surface area contributed by atoms with Gasteiger partial charge in [0, 0.05) is 17.4 Å². The average Bonchev–Trinajstić information content (AvgIpc) is 3.10. The fourth-order valence-electron chi connectivity index (χ4n) is 3.93. The zero-order valence-corrected chi connectivity index (χ0v) is 17.0. The highest BCUT2D eigenvalue weighted by molar-refractivity contribution is 7.80. The SMILES string of the molecule is O=C(O)[C@@H](CS)N(C(=O)OCC1c2ccccc2-c2ccccc21)c1ccccc1. The van der Waals surface area contributed by atoms with Crippen molar-refractivity contribution in [2.75, 3.05) is 17.3 Å². The predicted molar refractivity (Wildman–Crippen MR) is 119 cm³/mol. The lowest BCUT2D eigenvalue weighted by atomic mass is 9.98. The summed E-state index contributed by atoms with van der Waals surface area (Å²) >= 11 is 4.14. The van der Waals surface area contributed by atoms with E-state index >= 15 is 0 Å². The first-order chi connectivity index (χ1) is 14.6. The lowest BCUT2D eigenvalue weighted by Crippen LogP contribution is -2.47. The lowest BCUT2D eigenvalue weighted by molar-refractivity contribution is -0.138. The Morgan fingerprint density at radius 2 is 1.43 bits per heavy atom. The molecule has 0 radical (unpaired) electrons. The monoisotopic (exact) mass is 419 g/mol. The molecule has 0 saturated carbocycles. The number of ether oxygens (including phenoxy) is 1. The van der Waals surface area contributed by atoms with E-state index < -0.39 is 18.1 Å². The van der Waals surface area contributed by atoms with E-state index in [0.29, 0.717) is 5.69 Å². The molecule has 5 nitrogen and oxygen atoms in total. The molecule has 0 fully saturated rings. The van der Waals surface area contributed by atoms with E-state index in [1.807, 2.05) is 36.4 Å². The van der Waals surface area contributed by atoms with Crippen LogP contribution < -0.4 is 4.90 Å². The number of fused-ring (bicyclic) bond motifs is 3. The van der Waals surface area contributed by atoms with Crippen LogP contribution in [0.4, 0.5) is 10.5 Å². The van der Waals surface area contributed by atoms with Gasteiger partial charge in [-0.25, -0.2) is 9.59 Å². The smallest absolute Gasteiger partial charge is 0.415 e. The zero-order chi connectivity index (χ0) is 21.1. The summed E-state index contributed by atoms with van der Waals surface area (Å²) in [6.45, 7) is 0.120. The van der Waals surface area contributed by atoms with Gasteiger partial charge in [-0.2, -0.15) is 12.6 Å². The topological polar surface area (TPSA) is 66.8 Å². The van der Waals surface area contributed by atoms with Crippen LogP contribution in [0.1, 0.15) is 17.0 Å². The molecular weight excluding hydrogens is 398 g/mol. The van der Waals surface area contributed by atoms with Crippen molar-refractivity contribution < 1.29 is 19.4 Å². The summed E-state index contributed by atoms with van der Waals surface area (Å²) in [5.41, 5.74) is 4.92. The van der Waals surface area contributed by atoms with Crippen LogP contribution in [0.2, 0.25) is 0 Å². The highest BCUT2D eigenvalue weighted by Crippen LogP contribution is 2.44. The van der Waals surface area contributed by atoms with Gasteiger partial charge in [0.2, 0.25) is 0 Å². The highest BCUT2D eigenvalue weighted by Gasteiger charge is 2.33. The molecule has 30 heavy (non-hydrogen) atoms. The summed E-state index contributed by atoms with van der Waals surface area (Å²) in [6, 6.07) is 23.6. The van der Waals surface area contributed by atoms with Crippen LogP contribution in [0.15, 0.2) is 78.9 Å². The van der Waals surface area contributed by atoms with Crippen LogP contribution in [-0.4, -0.2) is 35.6 Å². The predicted octanol–water partition coefficient (Wildman–Crippen LogP) is 4.83. The van der Waals surface area contributed by atoms with Crippen LogP contribution in [0, 0.1) is 0 Å². The molecule has 1 amide bonds. The Morgan fingerprint density at radius 3 is 1.97 bits per heavy atom. The Kier molecular flexibility index (Phi) is 5.77. The van der Waals surface area contributed by atoms with E-state index in [1.165, 1.54) is 0 Å². The molecule has 0 saturated heterocycles. The molecule has 0 aliphatic heterocycles. The summed E-state index contributed by atoms with van der Waals surface area (Å²) in [5, 5.41) is 9.60. The number of aliphatic carboxylic acids is 1. The van der Waals surface area contributed by atoms with Crippen molar-refractivity contribution in [3.05, 3.63) is 90.0 Å². The third-order valence-electron chi connectivity index (χ3n) is 5.34. The second-order valence-corrected chi connectivity index (χ2v) is 7.41. The van der Waals surface area contributed by atoms with E-state index in [-0.39, 0.29) is 18.3 Å². The number of hydrogen-bond donors (Lipinski definition) is 2. The fraction of sp³-hybridized carbons (Fsp3) is 0.167. The minimum Gasteiger partial charge on any atom is -0.480 e. The van der Waals surface area contributed by atoms with Crippen molar-refractivity contribution in [3.8, 4) is 11.1 Å². The van der Waals surface area contributed by atoms with Crippen molar-refractivity contribution >= 4 is 30.4 Å². The summed E-state index contributed by atoms with van der Waals surface area (Å²) in [5.74, 6) is -1.27. The normalized spacial score (nSPS) is 13.2. The number of anilines is 1. The molecule has 1 aliphatic carbocycles. The van der Waals surface area contributed by atoms with Crippen LogP contribution >= 0.6 is 12.6 Å². The quantitative estimate of drug-likeness (QED) is 0.562. The molecule has 0 unspecified atom stereocenters. The molecule has 0 heterocycles. The van der Waals surface area contributed by atoms with E-state index in [1.54, 1.807) is 30.3 Å². The number of amides is 1. The molecule has 0 spiro atoms. The first-order valence-corrected chi connectivity index (χ1v) is 10.3. The zero-order valence-electron chi connectivity index (χ0n) is 16.1. The second kappa shape index (κ2) is 8.63. The number of hydrogen-bond acceptors (Lipinski definition) is 4. The third-order valence-corrected chi connectivity index (χ3v) is 5.68. The van der Waals surface area contributed by atoms with Crippen molar-refractivity contribution in [2.45, 2.75) is 12.0 Å². The average molecular weight is 420 g/mol. The van der Waals surface area contributed by atoms with Crippen molar-refractivity contribution in [1.82, 2.24) is 0 Å². The highest BCUT2D eigenvalue weighted by atomic mass is 32.1. The third kappa shape index (κ3) is 3.66. The van der Waals surface area contributed by atoms with E-state index in [0.717, 1.165) is 27.2 Å². The second-order valence-electron chi connectivity index (χ2n) is 7.05. The van der Waals surface area contributed by atoms with Crippen LogP contribution in [-0.2, 0) is 9.53 Å². The largest absolute Gasteiger partial charge is 0.480 e. The van der Waals surface area contributed by atoms with Crippen molar-refractivity contribution in [3.63, 3.8) is 0 Å². The maximum absolute atomic E-state index is 13.0. The molecule has 1 aliphatic rings. The molecule has 0 bridgehead atoms. The van der Waals surface area contributed by atoms with Gasteiger partial charge in [0.25, 0.3) is 0 Å². The van der Waals surface area contributed by atoms with Gasteiger partial charge in [-0.3, -0.25) is 4.90 Å². The summed E-state index contributed by atoms with van der Waals surface area (Å²) in [4.78, 5) is 25.9. The summed E-state index contributed by atoms with van der Waals surface area (Å²) in [6.07, 6.45) is -0.704. The van der Waals surface area contributed by atoms with Gasteiger partial charge in [-0.05, 0) is 34.4 Å². The Hall–Kier alpha value is -3.25. The van der Waals surface area contributed by atoms with Crippen LogP contribution in [0.5, 0.6) is 0 Å². The standard InChI is InChI=1S/C24H21NO4S/c26-23(27)22(15-30)25(16-8-2-1-3-9-16)24(28)29-14-21-19-12-6-4-10-17(19)18-11-5-7-13-20(18)21/h1-13,21-22,30H,14-15H2,(H,26,27)/t22-/m1/s1. The van der Waals surface area contributed by atoms with Gasteiger partial charge in [0.05, 0.1) is 0 Å². The number of para-hydroxylation sites is 1. The van der Waals surface area contributed by atoms with Crippen LogP contribution in [0.25, 0.3) is 11.1 Å². The van der Waals surface area contributed by atoms with E-state index in [4.69, 9.17) is 4.74 Å². The first kappa shape index (κ1) is 20.0. The number of carbonyl (C=O) groups excluding carboxylic acids is 1. The Labute approximate surface area is 180 Å². The van der Waals surface area contributed by atoms with Gasteiger partial charge >= 0.3 is 12.1 Å². The van der Waals surface area contributed by atoms with Gasteiger partial charge in [0.1, 0.15) is 12.6 Å². The number of carboxylic acid groups (broad SMARTS) is 1. The molecule has 6 heteroatoms. The molecular formula is C24H21NO4S. The molecule has 152 valence electrons. The minimum absolute atomic E-state index is 0.0333. The molecule has 3 aromatic carbocycles. The van der Waals surface area contributed by atoms with Crippen LogP contribution in [0.3, 0.4) is 0 Å². The van der Waals surface area contributed by atoms with Crippen molar-refractivity contribution in [1.29, 1.82) is 0 Å². The first-order valence-electron chi connectivity index (χ1n) is 9.64. The van der Waals surface area contributed by atoms with Crippen molar-refractivity contribution in [2.24, 2.45) is 0 Å². The number of nitrogens with zero attached hydrogens (tertiary/aromatic N) is 1. The van der Waals surface area contributed by atoms with Gasteiger partial charge in [0.15, 0.2) is 0 Å². The Balaban J connectivity index is 1.61. The Morgan fingerprint density at radius 1 is 0.900 bits per heavy atom. The van der Waals surface area contributed by atoms with E-state index in [2.05, 4.69) is 24.8 Å². The molecule has 3 aromatic rings. The molecule has 1 N–H and O–H groups in total. The minimum atomic E-state index is -1.14. The lowest BCUT2D eigenvalue weighted by Gasteiger charge is -2.28. The summed E-state index contributed by atoms with van der Waals surface area (Å²) < 4.78 is 5.68. The maximum atomic E-state index is 13.0. The molecule has 0 aromatic heterocycles. The van der Waals surface area contributed by atoms with Gasteiger partial charge < -0.3 is 9.84 Å². The van der Waals surface area contributed by atoms with E-state index in [9.17, 15) is 14.7 Å². The molecule has 1 atom stereocenters. The maximum Gasteiger partial charge on any atom is 0.415 e. The Bertz CT molecular complexity index is 1020. The van der Waals surface area contributed by atoms with Gasteiger partial charge in [-0.15, -0.1) is 0 Å². The number of carbonyl (C=O) groups is 2.